The van der Waals surface area contributed by atoms with Gasteiger partial charge in [-0.2, -0.15) is 0 Å². The van der Waals surface area contributed by atoms with Crippen molar-refractivity contribution in [1.29, 1.82) is 0 Å². The average Bonchev–Trinajstić information content (AvgIpc) is 3.84. The second kappa shape index (κ2) is 17.0. The number of aromatic nitrogens is 6. The normalized spacial score (nSPS) is 13.1. The molecule has 0 spiro atoms. The largest absolute Gasteiger partial charge is 0.465 e. The van der Waals surface area contributed by atoms with Gasteiger partial charge in [-0.05, 0) is 83.3 Å². The summed E-state index contributed by atoms with van der Waals surface area (Å²) >= 11 is 0. The standard InChI is InChI=1S/C48H49N7O3/c1-4-40(47(57)58-6-3)46-49-41(5-2)44(33-56)54(46)31-34-26-29-43-36(30-34)28-27-35-18-16-17-25-42(35)53(43)32-45-50-52-55(51-45)48(37-19-10-7-11-20-37,38-21-12-8-13-22-38)39-23-14-9-15-24-39/h7-26,29-30,40,56H,4-6,27-28,31-33H2,1-3H3. The second-order valence-corrected chi connectivity index (χ2v) is 14.7. The molecule has 1 aliphatic heterocycles. The summed E-state index contributed by atoms with van der Waals surface area (Å²) in [6, 6.07) is 46.3. The first kappa shape index (κ1) is 38.5. The molecule has 5 aromatic carbocycles. The van der Waals surface area contributed by atoms with Crippen molar-refractivity contribution >= 4 is 17.3 Å². The lowest BCUT2D eigenvalue weighted by molar-refractivity contribution is -0.145. The molecule has 58 heavy (non-hydrogen) atoms. The number of hydrogen-bond acceptors (Lipinski definition) is 8. The average molecular weight is 772 g/mol. The van der Waals surface area contributed by atoms with Crippen LogP contribution < -0.4 is 4.90 Å². The molecule has 0 radical (unpaired) electrons. The van der Waals surface area contributed by atoms with Gasteiger partial charge in [0, 0.05) is 17.9 Å². The van der Waals surface area contributed by atoms with E-state index in [-0.39, 0.29) is 12.6 Å². The molecular formula is C48H49N7O3. The highest BCUT2D eigenvalue weighted by atomic mass is 16.5. The summed E-state index contributed by atoms with van der Waals surface area (Å²) in [7, 11) is 0. The lowest BCUT2D eigenvalue weighted by Gasteiger charge is -2.34. The van der Waals surface area contributed by atoms with Crippen molar-refractivity contribution in [3.8, 4) is 0 Å². The zero-order chi connectivity index (χ0) is 40.1. The number of aliphatic hydroxyl groups is 1. The van der Waals surface area contributed by atoms with Crippen LogP contribution in [0.15, 0.2) is 133 Å². The molecule has 2 aromatic heterocycles. The van der Waals surface area contributed by atoms with Crippen LogP contribution in [0.5, 0.6) is 0 Å². The summed E-state index contributed by atoms with van der Waals surface area (Å²) in [6.07, 6.45) is 2.89. The highest BCUT2D eigenvalue weighted by molar-refractivity contribution is 5.77. The molecule has 1 atom stereocenters. The fraction of sp³-hybridized carbons (Fsp3) is 0.271. The predicted molar refractivity (Wildman–Crippen MR) is 225 cm³/mol. The molecule has 10 heteroatoms. The van der Waals surface area contributed by atoms with E-state index in [1.54, 1.807) is 4.80 Å². The number of rotatable bonds is 14. The summed E-state index contributed by atoms with van der Waals surface area (Å²) in [5.74, 6) is 0.406. The van der Waals surface area contributed by atoms with Crippen molar-refractivity contribution in [2.45, 2.75) is 77.6 Å². The molecule has 294 valence electrons. The van der Waals surface area contributed by atoms with E-state index in [0.717, 1.165) is 57.9 Å². The minimum absolute atomic E-state index is 0.169. The molecule has 0 bridgehead atoms. The van der Waals surface area contributed by atoms with Gasteiger partial charge in [0.15, 0.2) is 11.4 Å². The van der Waals surface area contributed by atoms with E-state index in [1.165, 1.54) is 11.1 Å². The maximum Gasteiger partial charge on any atom is 0.316 e. The number of aliphatic hydroxyl groups excluding tert-OH is 1. The number of benzene rings is 5. The molecule has 0 saturated heterocycles. The summed E-state index contributed by atoms with van der Waals surface area (Å²) < 4.78 is 7.48. The Morgan fingerprint density at radius 3 is 1.97 bits per heavy atom. The lowest BCUT2D eigenvalue weighted by Crippen LogP contribution is -2.39. The summed E-state index contributed by atoms with van der Waals surface area (Å²) in [6.45, 7) is 6.80. The maximum absolute atomic E-state index is 13.1. The van der Waals surface area contributed by atoms with Gasteiger partial charge in [-0.3, -0.25) is 4.79 Å². The predicted octanol–water partition coefficient (Wildman–Crippen LogP) is 8.31. The van der Waals surface area contributed by atoms with E-state index in [0.29, 0.717) is 44.2 Å². The third-order valence-corrected chi connectivity index (χ3v) is 11.3. The quantitative estimate of drug-likeness (QED) is 0.0869. The number of nitrogens with zero attached hydrogens (tertiary/aromatic N) is 7. The smallest absolute Gasteiger partial charge is 0.316 e. The third kappa shape index (κ3) is 7.09. The molecule has 3 heterocycles. The van der Waals surface area contributed by atoms with E-state index >= 15 is 0 Å². The van der Waals surface area contributed by atoms with Crippen molar-refractivity contribution < 1.29 is 14.6 Å². The van der Waals surface area contributed by atoms with Crippen LogP contribution >= 0.6 is 0 Å². The first-order valence-corrected chi connectivity index (χ1v) is 20.3. The fourth-order valence-corrected chi connectivity index (χ4v) is 8.57. The molecule has 1 N–H and O–H groups in total. The van der Waals surface area contributed by atoms with Crippen LogP contribution in [0.3, 0.4) is 0 Å². The van der Waals surface area contributed by atoms with E-state index in [1.807, 2.05) is 43.5 Å². The first-order valence-electron chi connectivity index (χ1n) is 20.3. The van der Waals surface area contributed by atoms with Crippen molar-refractivity contribution in [3.05, 3.63) is 190 Å². The van der Waals surface area contributed by atoms with Crippen LogP contribution in [0.4, 0.5) is 11.4 Å². The fourth-order valence-electron chi connectivity index (χ4n) is 8.57. The number of esters is 1. The zero-order valence-corrected chi connectivity index (χ0v) is 33.3. The van der Waals surface area contributed by atoms with Crippen LogP contribution in [-0.2, 0) is 54.0 Å². The molecule has 10 nitrogen and oxygen atoms in total. The van der Waals surface area contributed by atoms with Crippen molar-refractivity contribution in [2.75, 3.05) is 11.5 Å². The highest BCUT2D eigenvalue weighted by Crippen LogP contribution is 2.41. The summed E-state index contributed by atoms with van der Waals surface area (Å²) in [5.41, 5.74) is 9.41. The SMILES string of the molecule is CCOC(=O)C(CC)c1nc(CC)c(CO)n1Cc1ccc2c(c1)CCc1ccccc1N2Cc1nnn(C(c2ccccc2)(c2ccccc2)c2ccccc2)n1. The number of imidazole rings is 1. The summed E-state index contributed by atoms with van der Waals surface area (Å²) in [4.78, 5) is 22.1. The van der Waals surface area contributed by atoms with Crippen LogP contribution in [-0.4, -0.2) is 47.4 Å². The maximum atomic E-state index is 13.1. The van der Waals surface area contributed by atoms with Crippen LogP contribution in [0.1, 0.15) is 89.5 Å². The van der Waals surface area contributed by atoms with E-state index in [9.17, 15) is 9.90 Å². The lowest BCUT2D eigenvalue weighted by atomic mass is 9.77. The van der Waals surface area contributed by atoms with Gasteiger partial charge in [0.25, 0.3) is 0 Å². The first-order chi connectivity index (χ1) is 28.5. The molecule has 0 fully saturated rings. The van der Waals surface area contributed by atoms with Gasteiger partial charge in [-0.25, -0.2) is 4.98 Å². The number of ether oxygens (including phenoxy) is 1. The topological polar surface area (TPSA) is 111 Å². The Hall–Kier alpha value is -6.39. The van der Waals surface area contributed by atoms with Crippen molar-refractivity contribution in [2.24, 2.45) is 0 Å². The molecular weight excluding hydrogens is 723 g/mol. The Labute approximate surface area is 339 Å². The second-order valence-electron chi connectivity index (χ2n) is 14.7. The Morgan fingerprint density at radius 1 is 0.759 bits per heavy atom. The summed E-state index contributed by atoms with van der Waals surface area (Å²) in [5, 5.41) is 25.4. The zero-order valence-electron chi connectivity index (χ0n) is 33.3. The molecule has 1 aliphatic rings. The number of para-hydroxylation sites is 1. The number of anilines is 2. The van der Waals surface area contributed by atoms with Crippen LogP contribution in [0, 0.1) is 0 Å². The molecule has 0 aliphatic carbocycles. The minimum atomic E-state index is -0.875. The van der Waals surface area contributed by atoms with Crippen molar-refractivity contribution in [3.63, 3.8) is 0 Å². The Balaban J connectivity index is 1.19. The van der Waals surface area contributed by atoms with E-state index < -0.39 is 11.5 Å². The Morgan fingerprint density at radius 2 is 1.36 bits per heavy atom. The third-order valence-electron chi connectivity index (χ3n) is 11.3. The minimum Gasteiger partial charge on any atom is -0.465 e. The van der Waals surface area contributed by atoms with Gasteiger partial charge in [0.2, 0.25) is 0 Å². The molecule has 7 aromatic rings. The number of hydrogen-bond donors (Lipinski definition) is 1. The number of tetrazole rings is 1. The molecule has 8 rings (SSSR count). The van der Waals surface area contributed by atoms with Gasteiger partial charge in [-0.1, -0.05) is 135 Å². The molecule has 0 amide bonds. The monoisotopic (exact) mass is 771 g/mol. The molecule has 0 saturated carbocycles. The highest BCUT2D eigenvalue weighted by Gasteiger charge is 2.41. The van der Waals surface area contributed by atoms with Gasteiger partial charge >= 0.3 is 5.97 Å². The van der Waals surface area contributed by atoms with Gasteiger partial charge < -0.3 is 19.3 Å². The van der Waals surface area contributed by atoms with Crippen LogP contribution in [0.25, 0.3) is 0 Å². The Kier molecular flexibility index (Phi) is 11.3. The van der Waals surface area contributed by atoms with Crippen molar-refractivity contribution in [1.82, 2.24) is 29.8 Å². The van der Waals surface area contributed by atoms with Crippen LogP contribution in [0.2, 0.25) is 0 Å². The van der Waals surface area contributed by atoms with Gasteiger partial charge in [-0.15, -0.1) is 15.0 Å². The van der Waals surface area contributed by atoms with Gasteiger partial charge in [0.1, 0.15) is 11.7 Å². The number of carbonyl (C=O) groups is 1. The van der Waals surface area contributed by atoms with E-state index in [4.69, 9.17) is 25.1 Å². The van der Waals surface area contributed by atoms with E-state index in [2.05, 4.69) is 120 Å². The van der Waals surface area contributed by atoms with Gasteiger partial charge in [0.05, 0.1) is 31.1 Å². The Bertz CT molecular complexity index is 2380. The number of carbonyl (C=O) groups excluding carboxylic acids is 1. The number of aryl methyl sites for hydroxylation is 3. The number of fused-ring (bicyclic) bond motifs is 2. The molecule has 1 unspecified atom stereocenters.